The third-order valence-electron chi connectivity index (χ3n) is 4.63. The molecule has 2 heterocycles. The molecule has 0 fully saturated rings. The van der Waals surface area contributed by atoms with Crippen molar-refractivity contribution >= 4 is 32.6 Å². The molecule has 2 aromatic carbocycles. The normalized spacial score (nSPS) is 11.8. The Labute approximate surface area is 161 Å². The van der Waals surface area contributed by atoms with E-state index in [4.69, 9.17) is 16.6 Å². The predicted octanol–water partition coefficient (Wildman–Crippen LogP) is 2.41. The highest BCUT2D eigenvalue weighted by Crippen LogP contribution is 2.37. The fourth-order valence-electron chi connectivity index (χ4n) is 3.26. The first-order valence-electron chi connectivity index (χ1n) is 8.37. The van der Waals surface area contributed by atoms with Gasteiger partial charge in [-0.3, -0.25) is 5.10 Å². The summed E-state index contributed by atoms with van der Waals surface area (Å²) in [4.78, 5) is 4.09. The molecule has 28 heavy (non-hydrogen) atoms. The zero-order valence-corrected chi connectivity index (χ0v) is 15.8. The van der Waals surface area contributed by atoms with E-state index < -0.39 is 10.0 Å². The highest BCUT2D eigenvalue weighted by atomic mass is 32.2. The van der Waals surface area contributed by atoms with Gasteiger partial charge in [0.05, 0.1) is 10.4 Å². The Balaban J connectivity index is 1.99. The van der Waals surface area contributed by atoms with E-state index in [1.165, 1.54) is 6.07 Å². The number of fused-ring (bicyclic) bond motifs is 1. The molecular formula is C19H18N6O2S. The maximum Gasteiger partial charge on any atom is 0.238 e. The molecule has 7 N–H and O–H groups in total. The van der Waals surface area contributed by atoms with Crippen LogP contribution in [0.3, 0.4) is 0 Å². The third-order valence-corrected chi connectivity index (χ3v) is 5.54. The van der Waals surface area contributed by atoms with E-state index in [1.807, 2.05) is 25.1 Å². The molecule has 4 rings (SSSR count). The van der Waals surface area contributed by atoms with E-state index in [2.05, 4.69) is 15.2 Å². The Morgan fingerprint density at radius 3 is 2.43 bits per heavy atom. The molecule has 0 aliphatic heterocycles. The van der Waals surface area contributed by atoms with E-state index in [0.717, 1.165) is 38.7 Å². The van der Waals surface area contributed by atoms with Gasteiger partial charge in [0.2, 0.25) is 10.0 Å². The van der Waals surface area contributed by atoms with Crippen LogP contribution in [0.5, 0.6) is 0 Å². The molecule has 0 aliphatic rings. The molecule has 0 amide bonds. The molecule has 4 aromatic rings. The highest BCUT2D eigenvalue weighted by molar-refractivity contribution is 7.89. The molecule has 0 radical (unpaired) electrons. The predicted molar refractivity (Wildman–Crippen MR) is 110 cm³/mol. The van der Waals surface area contributed by atoms with Crippen LogP contribution in [0.15, 0.2) is 53.6 Å². The summed E-state index contributed by atoms with van der Waals surface area (Å²) in [6.45, 7) is 1.83. The second-order valence-corrected chi connectivity index (χ2v) is 8.11. The molecule has 0 spiro atoms. The van der Waals surface area contributed by atoms with Crippen LogP contribution in [0.1, 0.15) is 5.56 Å². The average Bonchev–Trinajstić information content (AvgIpc) is 3.01. The van der Waals surface area contributed by atoms with Crippen LogP contribution in [0, 0.1) is 6.92 Å². The number of nitrogens with zero attached hydrogens (tertiary/aromatic N) is 2. The van der Waals surface area contributed by atoms with Crippen LogP contribution in [-0.4, -0.2) is 23.6 Å². The molecule has 0 saturated heterocycles. The number of nitrogens with two attached hydrogens (primary N) is 3. The first kappa shape index (κ1) is 18.0. The van der Waals surface area contributed by atoms with Crippen molar-refractivity contribution in [3.8, 4) is 22.3 Å². The molecule has 0 bridgehead atoms. The summed E-state index contributed by atoms with van der Waals surface area (Å²) in [5.41, 5.74) is 16.8. The summed E-state index contributed by atoms with van der Waals surface area (Å²) in [6.07, 6.45) is 1.64. The van der Waals surface area contributed by atoms with Crippen LogP contribution in [0.2, 0.25) is 0 Å². The molecule has 0 atom stereocenters. The zero-order chi connectivity index (χ0) is 20.1. The van der Waals surface area contributed by atoms with Gasteiger partial charge in [0, 0.05) is 17.1 Å². The number of benzene rings is 2. The van der Waals surface area contributed by atoms with Gasteiger partial charge < -0.3 is 11.5 Å². The number of anilines is 2. The Bertz CT molecular complexity index is 1330. The lowest BCUT2D eigenvalue weighted by Gasteiger charge is -2.12. The summed E-state index contributed by atoms with van der Waals surface area (Å²) in [5.74, 6) is 0.784. The van der Waals surface area contributed by atoms with Gasteiger partial charge in [0.25, 0.3) is 0 Å². The quantitative estimate of drug-likeness (QED) is 0.418. The Morgan fingerprint density at radius 2 is 1.75 bits per heavy atom. The number of aryl methyl sites for hydroxylation is 1. The summed E-state index contributed by atoms with van der Waals surface area (Å²) in [5, 5.41) is 13.1. The van der Waals surface area contributed by atoms with Crippen molar-refractivity contribution in [3.63, 3.8) is 0 Å². The van der Waals surface area contributed by atoms with E-state index in [1.54, 1.807) is 24.4 Å². The number of aromatic nitrogens is 3. The molecule has 9 heteroatoms. The zero-order valence-electron chi connectivity index (χ0n) is 15.0. The van der Waals surface area contributed by atoms with Crippen LogP contribution in [0.25, 0.3) is 33.2 Å². The molecular weight excluding hydrogens is 376 g/mol. The van der Waals surface area contributed by atoms with Gasteiger partial charge in [-0.05, 0) is 65.6 Å². The van der Waals surface area contributed by atoms with Crippen molar-refractivity contribution in [3.05, 3.63) is 54.2 Å². The summed E-state index contributed by atoms with van der Waals surface area (Å²) in [6, 6.07) is 12.3. The number of sulfonamides is 1. The van der Waals surface area contributed by atoms with Crippen molar-refractivity contribution in [2.24, 2.45) is 5.14 Å². The first-order chi connectivity index (χ1) is 13.2. The third kappa shape index (κ3) is 3.06. The first-order valence-corrected chi connectivity index (χ1v) is 9.92. The summed E-state index contributed by atoms with van der Waals surface area (Å²) < 4.78 is 23.3. The Morgan fingerprint density at radius 1 is 0.964 bits per heavy atom. The number of rotatable bonds is 3. The maximum atomic E-state index is 11.6. The molecule has 8 nitrogen and oxygen atoms in total. The fourth-order valence-corrected chi connectivity index (χ4v) is 3.86. The molecule has 0 unspecified atom stereocenters. The van der Waals surface area contributed by atoms with Gasteiger partial charge in [-0.25, -0.2) is 18.5 Å². The lowest BCUT2D eigenvalue weighted by molar-refractivity contribution is 0.597. The molecule has 0 saturated carbocycles. The van der Waals surface area contributed by atoms with Gasteiger partial charge in [-0.15, -0.1) is 0 Å². The minimum Gasteiger partial charge on any atom is -0.384 e. The largest absolute Gasteiger partial charge is 0.384 e. The van der Waals surface area contributed by atoms with Gasteiger partial charge in [-0.1, -0.05) is 6.07 Å². The van der Waals surface area contributed by atoms with E-state index in [0.29, 0.717) is 11.6 Å². The Hall–Kier alpha value is -3.43. The Kier molecular flexibility index (Phi) is 4.06. The van der Waals surface area contributed by atoms with Crippen LogP contribution in [0.4, 0.5) is 11.6 Å². The second-order valence-electron chi connectivity index (χ2n) is 6.55. The van der Waals surface area contributed by atoms with E-state index in [9.17, 15) is 8.42 Å². The van der Waals surface area contributed by atoms with Crippen molar-refractivity contribution in [1.82, 2.24) is 15.2 Å². The molecule has 2 aromatic heterocycles. The second kappa shape index (κ2) is 6.32. The van der Waals surface area contributed by atoms with Crippen molar-refractivity contribution in [1.29, 1.82) is 0 Å². The molecule has 0 aliphatic carbocycles. The van der Waals surface area contributed by atoms with Gasteiger partial charge in [0.15, 0.2) is 5.82 Å². The summed E-state index contributed by atoms with van der Waals surface area (Å²) in [7, 11) is -3.78. The standard InChI is InChI=1S/C19H18N6O2S/c1-10-6-13(28(22,26)27)2-3-14(10)15-7-12(11-4-5-23-17(20)9-11)8-16-18(15)24-25-19(16)21/h2-9H,1H3,(H2,20,23)(H3,21,24,25)(H2,22,26,27). The topological polar surface area (TPSA) is 154 Å². The smallest absolute Gasteiger partial charge is 0.238 e. The van der Waals surface area contributed by atoms with Gasteiger partial charge >= 0.3 is 0 Å². The minimum absolute atomic E-state index is 0.0622. The number of pyridine rings is 1. The number of hydrogen-bond donors (Lipinski definition) is 4. The minimum atomic E-state index is -3.78. The lowest BCUT2D eigenvalue weighted by Crippen LogP contribution is -2.12. The lowest BCUT2D eigenvalue weighted by atomic mass is 9.94. The van der Waals surface area contributed by atoms with Crippen molar-refractivity contribution < 1.29 is 8.42 Å². The van der Waals surface area contributed by atoms with Crippen LogP contribution >= 0.6 is 0 Å². The number of nitrogen functional groups attached to an aromatic ring is 2. The van der Waals surface area contributed by atoms with Gasteiger partial charge in [-0.2, -0.15) is 5.10 Å². The highest BCUT2D eigenvalue weighted by Gasteiger charge is 2.16. The summed E-state index contributed by atoms with van der Waals surface area (Å²) >= 11 is 0. The maximum absolute atomic E-state index is 11.6. The van der Waals surface area contributed by atoms with E-state index in [-0.39, 0.29) is 4.90 Å². The van der Waals surface area contributed by atoms with E-state index >= 15 is 0 Å². The average molecular weight is 394 g/mol. The van der Waals surface area contributed by atoms with Crippen LogP contribution in [-0.2, 0) is 10.0 Å². The van der Waals surface area contributed by atoms with Gasteiger partial charge in [0.1, 0.15) is 5.82 Å². The molecule has 142 valence electrons. The number of aromatic amines is 1. The SMILES string of the molecule is Cc1cc(S(N)(=O)=O)ccc1-c1cc(-c2ccnc(N)c2)cc2c(N)n[nH]c12. The monoisotopic (exact) mass is 394 g/mol. The number of H-pyrrole nitrogens is 1. The number of nitrogens with one attached hydrogen (secondary N) is 1. The van der Waals surface area contributed by atoms with Crippen LogP contribution < -0.4 is 16.6 Å². The number of primary sulfonamides is 1. The number of hydrogen-bond acceptors (Lipinski definition) is 6. The fraction of sp³-hybridized carbons (Fsp3) is 0.0526. The van der Waals surface area contributed by atoms with Crippen molar-refractivity contribution in [2.75, 3.05) is 11.5 Å². The van der Waals surface area contributed by atoms with Crippen molar-refractivity contribution in [2.45, 2.75) is 11.8 Å².